The first-order chi connectivity index (χ1) is 11.7. The Labute approximate surface area is 141 Å². The number of aliphatic hydroxyl groups excluding tert-OH is 1. The van der Waals surface area contributed by atoms with Crippen molar-refractivity contribution < 1.29 is 14.6 Å². The molecule has 130 valence electrons. The fourth-order valence-corrected chi connectivity index (χ4v) is 3.25. The maximum absolute atomic E-state index is 11.1. The first kappa shape index (κ1) is 17.0. The number of hydrogen-bond donors (Lipinski definition) is 3. The molecule has 1 aromatic carbocycles. The molecule has 1 aliphatic heterocycles. The SMILES string of the molecule is Cc1c(CN2CCOC(CCNC(=O)CO)C2)[nH]c2ccccc12. The van der Waals surface area contributed by atoms with Gasteiger partial charge in [-0.3, -0.25) is 9.69 Å². The summed E-state index contributed by atoms with van der Waals surface area (Å²) < 4.78 is 5.78. The molecule has 0 radical (unpaired) electrons. The van der Waals surface area contributed by atoms with E-state index in [0.29, 0.717) is 13.2 Å². The number of rotatable bonds is 6. The van der Waals surface area contributed by atoms with Gasteiger partial charge in [-0.15, -0.1) is 0 Å². The number of carbonyl (C=O) groups is 1. The van der Waals surface area contributed by atoms with Crippen molar-refractivity contribution in [2.75, 3.05) is 32.8 Å². The van der Waals surface area contributed by atoms with Gasteiger partial charge in [-0.2, -0.15) is 0 Å². The fraction of sp³-hybridized carbons (Fsp3) is 0.500. The monoisotopic (exact) mass is 331 g/mol. The molecular weight excluding hydrogens is 306 g/mol. The summed E-state index contributed by atoms with van der Waals surface area (Å²) in [6.45, 7) is 5.58. The van der Waals surface area contributed by atoms with Crippen molar-refractivity contribution in [1.82, 2.24) is 15.2 Å². The minimum atomic E-state index is -0.461. The Morgan fingerprint density at radius 1 is 1.46 bits per heavy atom. The second-order valence-corrected chi connectivity index (χ2v) is 6.30. The van der Waals surface area contributed by atoms with Gasteiger partial charge in [0.2, 0.25) is 5.91 Å². The van der Waals surface area contributed by atoms with Crippen molar-refractivity contribution in [1.29, 1.82) is 0 Å². The lowest BCUT2D eigenvalue weighted by Gasteiger charge is -2.33. The zero-order valence-corrected chi connectivity index (χ0v) is 14.0. The molecule has 1 fully saturated rings. The van der Waals surface area contributed by atoms with Crippen LogP contribution in [0, 0.1) is 6.92 Å². The molecular formula is C18H25N3O3. The van der Waals surface area contributed by atoms with Crippen molar-refractivity contribution in [2.24, 2.45) is 0 Å². The Kier molecular flexibility index (Phi) is 5.50. The number of benzene rings is 1. The van der Waals surface area contributed by atoms with E-state index in [-0.39, 0.29) is 12.0 Å². The summed E-state index contributed by atoms with van der Waals surface area (Å²) in [7, 11) is 0. The Morgan fingerprint density at radius 2 is 2.29 bits per heavy atom. The Bertz CT molecular complexity index is 698. The van der Waals surface area contributed by atoms with Gasteiger partial charge in [0.15, 0.2) is 0 Å². The Hall–Kier alpha value is -1.89. The number of aryl methyl sites for hydroxylation is 1. The largest absolute Gasteiger partial charge is 0.387 e. The lowest BCUT2D eigenvalue weighted by Crippen LogP contribution is -2.43. The van der Waals surface area contributed by atoms with Gasteiger partial charge in [-0.25, -0.2) is 0 Å². The van der Waals surface area contributed by atoms with E-state index >= 15 is 0 Å². The van der Waals surface area contributed by atoms with Crippen LogP contribution in [-0.2, 0) is 16.1 Å². The summed E-state index contributed by atoms with van der Waals surface area (Å²) in [4.78, 5) is 17.0. The number of ether oxygens (including phenoxy) is 1. The standard InChI is InChI=1S/C18H25N3O3/c1-13-15-4-2-3-5-16(15)20-17(13)11-21-8-9-24-14(10-21)6-7-19-18(23)12-22/h2-5,14,20,22H,6-12H2,1H3,(H,19,23). The van der Waals surface area contributed by atoms with Crippen molar-refractivity contribution in [3.05, 3.63) is 35.5 Å². The van der Waals surface area contributed by atoms with E-state index in [2.05, 4.69) is 40.3 Å². The molecule has 1 saturated heterocycles. The summed E-state index contributed by atoms with van der Waals surface area (Å²) in [5.41, 5.74) is 3.75. The topological polar surface area (TPSA) is 77.6 Å². The van der Waals surface area contributed by atoms with E-state index in [1.54, 1.807) is 0 Å². The molecule has 24 heavy (non-hydrogen) atoms. The minimum Gasteiger partial charge on any atom is -0.387 e. The smallest absolute Gasteiger partial charge is 0.245 e. The molecule has 0 bridgehead atoms. The van der Waals surface area contributed by atoms with Crippen molar-refractivity contribution in [2.45, 2.75) is 26.0 Å². The van der Waals surface area contributed by atoms with E-state index in [0.717, 1.165) is 26.1 Å². The first-order valence-corrected chi connectivity index (χ1v) is 8.45. The number of fused-ring (bicyclic) bond motifs is 1. The van der Waals surface area contributed by atoms with Crippen LogP contribution in [0.4, 0.5) is 0 Å². The quantitative estimate of drug-likeness (QED) is 0.743. The molecule has 0 aliphatic carbocycles. The number of nitrogens with one attached hydrogen (secondary N) is 2. The molecule has 6 heteroatoms. The van der Waals surface area contributed by atoms with Gasteiger partial charge in [-0.05, 0) is 25.0 Å². The van der Waals surface area contributed by atoms with Crippen LogP contribution in [0.2, 0.25) is 0 Å². The highest BCUT2D eigenvalue weighted by Crippen LogP contribution is 2.23. The number of aliphatic hydroxyl groups is 1. The molecule has 1 unspecified atom stereocenters. The number of aromatic amines is 1. The van der Waals surface area contributed by atoms with Crippen LogP contribution < -0.4 is 5.32 Å². The lowest BCUT2D eigenvalue weighted by molar-refractivity contribution is -0.124. The highest BCUT2D eigenvalue weighted by molar-refractivity contribution is 5.84. The number of amides is 1. The van der Waals surface area contributed by atoms with Crippen LogP contribution in [0.3, 0.4) is 0 Å². The maximum atomic E-state index is 11.1. The summed E-state index contributed by atoms with van der Waals surface area (Å²) in [6.07, 6.45) is 0.871. The summed E-state index contributed by atoms with van der Waals surface area (Å²) in [5, 5.41) is 12.7. The molecule has 1 amide bonds. The van der Waals surface area contributed by atoms with Crippen LogP contribution in [0.15, 0.2) is 24.3 Å². The van der Waals surface area contributed by atoms with E-state index < -0.39 is 6.61 Å². The Balaban J connectivity index is 1.56. The second kappa shape index (κ2) is 7.79. The number of para-hydroxylation sites is 1. The summed E-state index contributed by atoms with van der Waals surface area (Å²) in [6, 6.07) is 8.38. The van der Waals surface area contributed by atoms with E-state index in [1.165, 1.54) is 22.2 Å². The van der Waals surface area contributed by atoms with E-state index in [9.17, 15) is 4.79 Å². The zero-order chi connectivity index (χ0) is 16.9. The van der Waals surface area contributed by atoms with Crippen molar-refractivity contribution in [3.8, 4) is 0 Å². The van der Waals surface area contributed by atoms with Crippen molar-refractivity contribution in [3.63, 3.8) is 0 Å². The van der Waals surface area contributed by atoms with Crippen LogP contribution >= 0.6 is 0 Å². The van der Waals surface area contributed by atoms with Gasteiger partial charge in [0.1, 0.15) is 6.61 Å². The van der Waals surface area contributed by atoms with Crippen LogP contribution in [0.1, 0.15) is 17.7 Å². The molecule has 6 nitrogen and oxygen atoms in total. The van der Waals surface area contributed by atoms with Gasteiger partial charge >= 0.3 is 0 Å². The predicted octanol–water partition coefficient (Wildman–Crippen LogP) is 1.18. The van der Waals surface area contributed by atoms with Gasteiger partial charge < -0.3 is 20.1 Å². The average molecular weight is 331 g/mol. The normalized spacial score (nSPS) is 18.8. The Morgan fingerprint density at radius 3 is 3.08 bits per heavy atom. The van der Waals surface area contributed by atoms with Gasteiger partial charge in [0, 0.05) is 42.8 Å². The molecule has 0 saturated carbocycles. The molecule has 0 spiro atoms. The number of carbonyl (C=O) groups excluding carboxylic acids is 1. The summed E-state index contributed by atoms with van der Waals surface area (Å²) >= 11 is 0. The molecule has 1 aromatic heterocycles. The number of aromatic nitrogens is 1. The second-order valence-electron chi connectivity index (χ2n) is 6.30. The van der Waals surface area contributed by atoms with Gasteiger partial charge in [0.25, 0.3) is 0 Å². The van der Waals surface area contributed by atoms with Crippen LogP contribution in [0.5, 0.6) is 0 Å². The fourth-order valence-electron chi connectivity index (χ4n) is 3.25. The molecule has 1 aliphatic rings. The van der Waals surface area contributed by atoms with E-state index in [4.69, 9.17) is 9.84 Å². The molecule has 2 heterocycles. The first-order valence-electron chi connectivity index (χ1n) is 8.45. The molecule has 3 rings (SSSR count). The highest BCUT2D eigenvalue weighted by atomic mass is 16.5. The lowest BCUT2D eigenvalue weighted by atomic mass is 10.1. The number of nitrogens with zero attached hydrogens (tertiary/aromatic N) is 1. The number of H-pyrrole nitrogens is 1. The van der Waals surface area contributed by atoms with Gasteiger partial charge in [-0.1, -0.05) is 18.2 Å². The van der Waals surface area contributed by atoms with Crippen LogP contribution in [0.25, 0.3) is 10.9 Å². The molecule has 1 atom stereocenters. The minimum absolute atomic E-state index is 0.113. The number of morpholine rings is 1. The zero-order valence-electron chi connectivity index (χ0n) is 14.0. The summed E-state index contributed by atoms with van der Waals surface area (Å²) in [5.74, 6) is -0.337. The third-order valence-corrected chi connectivity index (χ3v) is 4.61. The number of hydrogen-bond acceptors (Lipinski definition) is 4. The molecule has 2 aromatic rings. The highest BCUT2D eigenvalue weighted by Gasteiger charge is 2.21. The predicted molar refractivity (Wildman–Crippen MR) is 92.8 cm³/mol. The van der Waals surface area contributed by atoms with Crippen LogP contribution in [-0.4, -0.2) is 59.8 Å². The van der Waals surface area contributed by atoms with Crippen molar-refractivity contribution >= 4 is 16.8 Å². The average Bonchev–Trinajstić information content (AvgIpc) is 2.91. The third kappa shape index (κ3) is 3.95. The third-order valence-electron chi connectivity index (χ3n) is 4.61. The van der Waals surface area contributed by atoms with Gasteiger partial charge in [0.05, 0.1) is 12.7 Å². The molecule has 3 N–H and O–H groups in total. The maximum Gasteiger partial charge on any atom is 0.245 e. The van der Waals surface area contributed by atoms with E-state index in [1.807, 2.05) is 6.07 Å².